The van der Waals surface area contributed by atoms with Gasteiger partial charge < -0.3 is 4.74 Å². The molecule has 7 nitrogen and oxygen atoms in total. The molecule has 1 heterocycles. The fourth-order valence-electron chi connectivity index (χ4n) is 2.54. The molecule has 1 fully saturated rings. The molecule has 0 bridgehead atoms. The van der Waals surface area contributed by atoms with Crippen molar-refractivity contribution in [1.29, 1.82) is 0 Å². The largest absolute Gasteiger partial charge is 0.439 e. The predicted molar refractivity (Wildman–Crippen MR) is 94.0 cm³/mol. The van der Waals surface area contributed by atoms with E-state index in [0.29, 0.717) is 5.56 Å². The quantitative estimate of drug-likeness (QED) is 0.786. The van der Waals surface area contributed by atoms with Gasteiger partial charge in [0.25, 0.3) is 5.91 Å². The molecule has 0 spiro atoms. The summed E-state index contributed by atoms with van der Waals surface area (Å²) in [5, 5.41) is -0.340. The molecule has 0 radical (unpaired) electrons. The van der Waals surface area contributed by atoms with Gasteiger partial charge in [0.2, 0.25) is 10.0 Å². The summed E-state index contributed by atoms with van der Waals surface area (Å²) in [7, 11) is -4.11. The first kappa shape index (κ1) is 19.3. The van der Waals surface area contributed by atoms with Crippen LogP contribution in [-0.4, -0.2) is 38.5 Å². The number of cyclic esters (lactones) is 1. The van der Waals surface area contributed by atoms with Crippen LogP contribution >= 0.6 is 11.6 Å². The van der Waals surface area contributed by atoms with Gasteiger partial charge in [0.1, 0.15) is 5.82 Å². The Hall–Kier alpha value is -2.49. The standard InChI is InChI=1S/C17H14ClFN2O5S/c18-13-8-12(6-7-14(13)19)27(24,25)20-15(11-4-2-1-3-5-11)9-21-16(22)10-26-17(21)23/h1-8,15,20H,9-10H2/t15-/m1/s1. The number of rotatable bonds is 6. The van der Waals surface area contributed by atoms with Crippen molar-refractivity contribution in [3.63, 3.8) is 0 Å². The van der Waals surface area contributed by atoms with E-state index >= 15 is 0 Å². The van der Waals surface area contributed by atoms with Crippen LogP contribution in [0.5, 0.6) is 0 Å². The molecule has 10 heteroatoms. The molecule has 0 saturated carbocycles. The maximum Gasteiger partial charge on any atom is 0.417 e. The van der Waals surface area contributed by atoms with E-state index in [4.69, 9.17) is 11.6 Å². The molecular formula is C17H14ClFN2O5S. The fraction of sp³-hybridized carbons (Fsp3) is 0.176. The Labute approximate surface area is 159 Å². The van der Waals surface area contributed by atoms with E-state index in [9.17, 15) is 22.4 Å². The van der Waals surface area contributed by atoms with Crippen molar-refractivity contribution in [1.82, 2.24) is 9.62 Å². The highest BCUT2D eigenvalue weighted by molar-refractivity contribution is 7.89. The van der Waals surface area contributed by atoms with Crippen LogP contribution in [0, 0.1) is 5.82 Å². The number of carbonyl (C=O) groups excluding carboxylic acids is 2. The Morgan fingerprint density at radius 1 is 1.19 bits per heavy atom. The van der Waals surface area contributed by atoms with Gasteiger partial charge in [-0.1, -0.05) is 41.9 Å². The minimum Gasteiger partial charge on any atom is -0.439 e. The minimum atomic E-state index is -4.11. The lowest BCUT2D eigenvalue weighted by atomic mass is 10.1. The van der Waals surface area contributed by atoms with Gasteiger partial charge in [-0.15, -0.1) is 0 Å². The summed E-state index contributed by atoms with van der Waals surface area (Å²) < 4.78 is 45.8. The van der Waals surface area contributed by atoms with Gasteiger partial charge in [0, 0.05) is 0 Å². The first-order chi connectivity index (χ1) is 12.8. The summed E-state index contributed by atoms with van der Waals surface area (Å²) >= 11 is 5.67. The molecule has 2 aromatic carbocycles. The second-order valence-electron chi connectivity index (χ2n) is 5.72. The second kappa shape index (κ2) is 7.63. The second-order valence-corrected chi connectivity index (χ2v) is 7.84. The number of imide groups is 1. The monoisotopic (exact) mass is 412 g/mol. The summed E-state index contributed by atoms with van der Waals surface area (Å²) in [5.41, 5.74) is 0.529. The van der Waals surface area contributed by atoms with Gasteiger partial charge in [0.15, 0.2) is 6.61 Å². The minimum absolute atomic E-state index is 0.245. The number of carbonyl (C=O) groups is 2. The van der Waals surface area contributed by atoms with E-state index < -0.39 is 33.9 Å². The number of hydrogen-bond acceptors (Lipinski definition) is 5. The van der Waals surface area contributed by atoms with Crippen LogP contribution in [0.1, 0.15) is 11.6 Å². The molecule has 3 rings (SSSR count). The van der Waals surface area contributed by atoms with Crippen LogP contribution in [0.15, 0.2) is 53.4 Å². The molecule has 1 atom stereocenters. The Morgan fingerprint density at radius 3 is 2.48 bits per heavy atom. The molecule has 1 aliphatic rings. The van der Waals surface area contributed by atoms with E-state index in [1.807, 2.05) is 0 Å². The smallest absolute Gasteiger partial charge is 0.417 e. The highest BCUT2D eigenvalue weighted by atomic mass is 35.5. The molecule has 0 aliphatic carbocycles. The highest BCUT2D eigenvalue weighted by Gasteiger charge is 2.34. The van der Waals surface area contributed by atoms with Crippen molar-refractivity contribution < 1.29 is 27.1 Å². The van der Waals surface area contributed by atoms with E-state index in [-0.39, 0.29) is 23.1 Å². The molecule has 2 amide bonds. The lowest BCUT2D eigenvalue weighted by Crippen LogP contribution is -2.40. The maximum absolute atomic E-state index is 13.3. The molecule has 1 saturated heterocycles. The van der Waals surface area contributed by atoms with Crippen molar-refractivity contribution in [2.75, 3.05) is 13.2 Å². The van der Waals surface area contributed by atoms with Crippen LogP contribution in [0.2, 0.25) is 5.02 Å². The zero-order chi connectivity index (χ0) is 19.6. The van der Waals surface area contributed by atoms with Crippen molar-refractivity contribution in [2.45, 2.75) is 10.9 Å². The zero-order valence-corrected chi connectivity index (χ0v) is 15.3. The lowest BCUT2D eigenvalue weighted by Gasteiger charge is -2.22. The maximum atomic E-state index is 13.3. The number of nitrogens with zero attached hydrogens (tertiary/aromatic N) is 1. The van der Waals surface area contributed by atoms with Gasteiger partial charge in [-0.05, 0) is 23.8 Å². The van der Waals surface area contributed by atoms with Gasteiger partial charge in [-0.3, -0.25) is 4.79 Å². The number of halogens is 2. The molecule has 1 N–H and O–H groups in total. The number of nitrogens with one attached hydrogen (secondary N) is 1. The average Bonchev–Trinajstić information content (AvgIpc) is 2.96. The lowest BCUT2D eigenvalue weighted by molar-refractivity contribution is -0.126. The molecule has 1 aliphatic heterocycles. The number of sulfonamides is 1. The summed E-state index contributed by atoms with van der Waals surface area (Å²) in [5.74, 6) is -1.31. The first-order valence-corrected chi connectivity index (χ1v) is 9.63. The van der Waals surface area contributed by atoms with E-state index in [1.54, 1.807) is 30.3 Å². The topological polar surface area (TPSA) is 92.8 Å². The Balaban J connectivity index is 1.92. The van der Waals surface area contributed by atoms with E-state index in [2.05, 4.69) is 9.46 Å². The summed E-state index contributed by atoms with van der Waals surface area (Å²) in [6, 6.07) is 10.5. The Morgan fingerprint density at radius 2 is 1.89 bits per heavy atom. The summed E-state index contributed by atoms with van der Waals surface area (Å²) in [4.78, 5) is 24.1. The number of benzene rings is 2. The van der Waals surface area contributed by atoms with E-state index in [1.165, 1.54) is 0 Å². The first-order valence-electron chi connectivity index (χ1n) is 7.77. The van der Waals surface area contributed by atoms with Gasteiger partial charge in [-0.25, -0.2) is 27.2 Å². The zero-order valence-electron chi connectivity index (χ0n) is 13.8. The SMILES string of the molecule is O=C1COC(=O)N1C[C@@H](NS(=O)(=O)c1ccc(F)c(Cl)c1)c1ccccc1. The number of amides is 2. The Kier molecular flexibility index (Phi) is 5.45. The summed E-state index contributed by atoms with van der Waals surface area (Å²) in [6.45, 7) is -0.642. The number of hydrogen-bond donors (Lipinski definition) is 1. The van der Waals surface area contributed by atoms with Gasteiger partial charge in [0.05, 0.1) is 22.5 Å². The van der Waals surface area contributed by atoms with Crippen molar-refractivity contribution in [3.8, 4) is 0 Å². The number of ether oxygens (including phenoxy) is 1. The van der Waals surface area contributed by atoms with Crippen LogP contribution in [-0.2, 0) is 19.6 Å². The molecular weight excluding hydrogens is 399 g/mol. The third-order valence-electron chi connectivity index (χ3n) is 3.91. The molecule has 27 heavy (non-hydrogen) atoms. The molecule has 2 aromatic rings. The molecule has 0 aromatic heterocycles. The predicted octanol–water partition coefficient (Wildman–Crippen LogP) is 2.48. The third-order valence-corrected chi connectivity index (χ3v) is 5.67. The average molecular weight is 413 g/mol. The van der Waals surface area contributed by atoms with Crippen LogP contribution in [0.3, 0.4) is 0 Å². The molecule has 142 valence electrons. The molecule has 0 unspecified atom stereocenters. The van der Waals surface area contributed by atoms with Crippen molar-refractivity contribution in [2.24, 2.45) is 0 Å². The van der Waals surface area contributed by atoms with E-state index in [0.717, 1.165) is 23.1 Å². The fourth-order valence-corrected chi connectivity index (χ4v) is 4.02. The highest BCUT2D eigenvalue weighted by Crippen LogP contribution is 2.23. The van der Waals surface area contributed by atoms with Crippen LogP contribution < -0.4 is 4.72 Å². The third kappa shape index (κ3) is 4.26. The van der Waals surface area contributed by atoms with Gasteiger partial charge in [-0.2, -0.15) is 0 Å². The summed E-state index contributed by atoms with van der Waals surface area (Å²) in [6.07, 6.45) is -0.843. The van der Waals surface area contributed by atoms with Crippen LogP contribution in [0.4, 0.5) is 9.18 Å². The normalized spacial score (nSPS) is 15.7. The Bertz CT molecular complexity index is 968. The van der Waals surface area contributed by atoms with Gasteiger partial charge >= 0.3 is 6.09 Å². The van der Waals surface area contributed by atoms with Crippen molar-refractivity contribution >= 4 is 33.6 Å². The van der Waals surface area contributed by atoms with Crippen molar-refractivity contribution in [3.05, 3.63) is 64.9 Å². The van der Waals surface area contributed by atoms with Crippen LogP contribution in [0.25, 0.3) is 0 Å².